The lowest BCUT2D eigenvalue weighted by Crippen LogP contribution is -2.10. The van der Waals surface area contributed by atoms with Gasteiger partial charge in [-0.1, -0.05) is 48.0 Å². The van der Waals surface area contributed by atoms with E-state index in [0.717, 1.165) is 19.5 Å². The van der Waals surface area contributed by atoms with Crippen molar-refractivity contribution in [3.8, 4) is 0 Å². The molecule has 3 aromatic rings. The molecule has 2 aromatic carbocycles. The van der Waals surface area contributed by atoms with E-state index >= 15 is 0 Å². The quantitative estimate of drug-likeness (QED) is 0.752. The van der Waals surface area contributed by atoms with Gasteiger partial charge in [0.25, 0.3) is 0 Å². The maximum atomic E-state index is 3.24. The van der Waals surface area contributed by atoms with E-state index in [9.17, 15) is 0 Å². The number of fused-ring (bicyclic) bond motifs is 1. The Morgan fingerprint density at radius 3 is 2.71 bits per heavy atom. The van der Waals surface area contributed by atoms with Gasteiger partial charge < -0.3 is 9.88 Å². The molecule has 1 heterocycles. The molecule has 1 N–H and O–H groups in total. The number of aryl methyl sites for hydroxylation is 1. The van der Waals surface area contributed by atoms with Crippen molar-refractivity contribution in [2.24, 2.45) is 0 Å². The Morgan fingerprint density at radius 2 is 1.90 bits per heavy atom. The number of benzene rings is 2. The lowest BCUT2D eigenvalue weighted by molar-refractivity contribution is 0.782. The van der Waals surface area contributed by atoms with Crippen LogP contribution in [0, 0.1) is 6.92 Å². The summed E-state index contributed by atoms with van der Waals surface area (Å²) in [6.45, 7) is 4.09. The van der Waals surface area contributed by atoms with E-state index in [2.05, 4.69) is 71.5 Å². The molecule has 0 atom stereocenters. The smallest absolute Gasteiger partial charge is 0.0486 e. The maximum Gasteiger partial charge on any atom is 0.0486 e. The lowest BCUT2D eigenvalue weighted by atomic mass is 10.1. The van der Waals surface area contributed by atoms with Crippen LogP contribution >= 0.6 is 0 Å². The van der Waals surface area contributed by atoms with E-state index in [-0.39, 0.29) is 0 Å². The Kier molecular flexibility index (Phi) is 4.07. The van der Waals surface area contributed by atoms with Crippen molar-refractivity contribution in [2.75, 3.05) is 13.6 Å². The summed E-state index contributed by atoms with van der Waals surface area (Å²) in [5, 5.41) is 4.61. The summed E-state index contributed by atoms with van der Waals surface area (Å²) in [6, 6.07) is 17.4. The fraction of sp³-hybridized carbons (Fsp3) is 0.263. The number of nitrogens with one attached hydrogen (secondary N) is 1. The summed E-state index contributed by atoms with van der Waals surface area (Å²) in [4.78, 5) is 0. The lowest BCUT2D eigenvalue weighted by Gasteiger charge is -2.06. The van der Waals surface area contributed by atoms with Crippen LogP contribution < -0.4 is 5.32 Å². The van der Waals surface area contributed by atoms with Gasteiger partial charge in [-0.25, -0.2) is 0 Å². The molecule has 0 saturated heterocycles. The largest absolute Gasteiger partial charge is 0.343 e. The summed E-state index contributed by atoms with van der Waals surface area (Å²) in [5.41, 5.74) is 5.42. The third kappa shape index (κ3) is 3.01. The second kappa shape index (κ2) is 6.15. The van der Waals surface area contributed by atoms with Crippen LogP contribution in [0.2, 0.25) is 0 Å². The molecular weight excluding hydrogens is 256 g/mol. The van der Waals surface area contributed by atoms with E-state index in [1.165, 1.54) is 27.6 Å². The monoisotopic (exact) mass is 278 g/mol. The summed E-state index contributed by atoms with van der Waals surface area (Å²) in [7, 11) is 2.01. The molecule has 0 aliphatic heterocycles. The number of likely N-dealkylation sites (N-methyl/N-ethyl adjacent to an activating group) is 1. The summed E-state index contributed by atoms with van der Waals surface area (Å²) in [5.74, 6) is 0. The minimum Gasteiger partial charge on any atom is -0.343 e. The number of hydrogen-bond donors (Lipinski definition) is 1. The fourth-order valence-electron chi connectivity index (χ4n) is 2.92. The third-order valence-electron chi connectivity index (χ3n) is 3.95. The molecule has 0 unspecified atom stereocenters. The Labute approximate surface area is 126 Å². The number of aromatic nitrogens is 1. The number of hydrogen-bond acceptors (Lipinski definition) is 1. The normalized spacial score (nSPS) is 11.1. The molecule has 2 heteroatoms. The van der Waals surface area contributed by atoms with Gasteiger partial charge >= 0.3 is 0 Å². The van der Waals surface area contributed by atoms with Crippen LogP contribution in [-0.4, -0.2) is 18.2 Å². The van der Waals surface area contributed by atoms with Crippen LogP contribution in [0.5, 0.6) is 0 Å². The first-order chi connectivity index (χ1) is 10.3. The number of rotatable bonds is 5. The van der Waals surface area contributed by atoms with Gasteiger partial charge in [0, 0.05) is 23.6 Å². The van der Waals surface area contributed by atoms with Crippen molar-refractivity contribution in [3.63, 3.8) is 0 Å². The fourth-order valence-corrected chi connectivity index (χ4v) is 2.92. The topological polar surface area (TPSA) is 17.0 Å². The maximum absolute atomic E-state index is 3.24. The van der Waals surface area contributed by atoms with Crippen molar-refractivity contribution < 1.29 is 0 Å². The second-order valence-corrected chi connectivity index (χ2v) is 5.64. The highest BCUT2D eigenvalue weighted by Crippen LogP contribution is 2.23. The molecule has 0 saturated carbocycles. The van der Waals surface area contributed by atoms with Crippen molar-refractivity contribution in [1.29, 1.82) is 0 Å². The molecule has 0 aliphatic rings. The van der Waals surface area contributed by atoms with E-state index < -0.39 is 0 Å². The highest BCUT2D eigenvalue weighted by molar-refractivity contribution is 5.84. The molecule has 2 nitrogen and oxygen atoms in total. The van der Waals surface area contributed by atoms with E-state index in [0.29, 0.717) is 0 Å². The Morgan fingerprint density at radius 1 is 1.05 bits per heavy atom. The Balaban J connectivity index is 1.98. The number of nitrogens with zero attached hydrogens (tertiary/aromatic N) is 1. The molecule has 21 heavy (non-hydrogen) atoms. The predicted molar refractivity (Wildman–Crippen MR) is 89.8 cm³/mol. The Hall–Kier alpha value is -2.06. The predicted octanol–water partition coefficient (Wildman–Crippen LogP) is 3.76. The van der Waals surface area contributed by atoms with E-state index in [1.54, 1.807) is 0 Å². The van der Waals surface area contributed by atoms with Gasteiger partial charge in [-0.3, -0.25) is 0 Å². The van der Waals surface area contributed by atoms with Crippen LogP contribution in [0.4, 0.5) is 0 Å². The van der Waals surface area contributed by atoms with Gasteiger partial charge in [0.05, 0.1) is 0 Å². The van der Waals surface area contributed by atoms with Crippen molar-refractivity contribution >= 4 is 10.9 Å². The molecule has 0 bridgehead atoms. The van der Waals surface area contributed by atoms with Gasteiger partial charge in [-0.15, -0.1) is 0 Å². The molecule has 0 radical (unpaired) electrons. The van der Waals surface area contributed by atoms with Crippen LogP contribution in [0.3, 0.4) is 0 Å². The standard InChI is InChI=1S/C19H22N2/c1-15-6-5-7-16(12-15)13-21-14-17(10-11-20-2)18-8-3-4-9-19(18)21/h3-9,12,14,20H,10-11,13H2,1-2H3. The van der Waals surface area contributed by atoms with E-state index in [4.69, 9.17) is 0 Å². The summed E-state index contributed by atoms with van der Waals surface area (Å²) in [6.07, 6.45) is 3.38. The minimum atomic E-state index is 0.932. The van der Waals surface area contributed by atoms with Crippen LogP contribution in [0.1, 0.15) is 16.7 Å². The number of para-hydroxylation sites is 1. The van der Waals surface area contributed by atoms with Crippen LogP contribution in [-0.2, 0) is 13.0 Å². The SMILES string of the molecule is CNCCc1cn(Cc2cccc(C)c2)c2ccccc12. The average Bonchev–Trinajstić information content (AvgIpc) is 2.84. The zero-order valence-electron chi connectivity index (χ0n) is 12.8. The summed E-state index contributed by atoms with van der Waals surface area (Å²) >= 11 is 0. The van der Waals surface area contributed by atoms with Crippen molar-refractivity contribution in [3.05, 3.63) is 71.4 Å². The van der Waals surface area contributed by atoms with Gasteiger partial charge in [-0.2, -0.15) is 0 Å². The molecule has 0 amide bonds. The molecule has 0 aliphatic carbocycles. The van der Waals surface area contributed by atoms with E-state index in [1.807, 2.05) is 7.05 Å². The molecule has 3 rings (SSSR count). The summed E-state index contributed by atoms with van der Waals surface area (Å²) < 4.78 is 2.37. The first-order valence-corrected chi connectivity index (χ1v) is 7.55. The zero-order valence-corrected chi connectivity index (χ0v) is 12.8. The van der Waals surface area contributed by atoms with Crippen LogP contribution in [0.25, 0.3) is 10.9 Å². The first-order valence-electron chi connectivity index (χ1n) is 7.55. The third-order valence-corrected chi connectivity index (χ3v) is 3.95. The van der Waals surface area contributed by atoms with Gasteiger partial charge in [0.1, 0.15) is 0 Å². The molecule has 1 aromatic heterocycles. The van der Waals surface area contributed by atoms with Crippen molar-refractivity contribution in [1.82, 2.24) is 9.88 Å². The zero-order chi connectivity index (χ0) is 14.7. The highest BCUT2D eigenvalue weighted by Gasteiger charge is 2.08. The highest BCUT2D eigenvalue weighted by atomic mass is 15.0. The second-order valence-electron chi connectivity index (χ2n) is 5.64. The first kappa shape index (κ1) is 13.9. The van der Waals surface area contributed by atoms with Gasteiger partial charge in [-0.05, 0) is 44.1 Å². The van der Waals surface area contributed by atoms with Gasteiger partial charge in [0.15, 0.2) is 0 Å². The van der Waals surface area contributed by atoms with Gasteiger partial charge in [0.2, 0.25) is 0 Å². The van der Waals surface area contributed by atoms with Crippen LogP contribution in [0.15, 0.2) is 54.7 Å². The molecule has 108 valence electrons. The Bertz CT molecular complexity index is 740. The minimum absolute atomic E-state index is 0.932. The molecular formula is C19H22N2. The average molecular weight is 278 g/mol. The molecule has 0 spiro atoms. The molecule has 0 fully saturated rings. The van der Waals surface area contributed by atoms with Crippen molar-refractivity contribution in [2.45, 2.75) is 19.9 Å².